The van der Waals surface area contributed by atoms with E-state index in [0.717, 1.165) is 36.2 Å². The Balaban J connectivity index is 1.46. The Morgan fingerprint density at radius 2 is 1.71 bits per heavy atom. The van der Waals surface area contributed by atoms with E-state index in [1.807, 2.05) is 34.9 Å². The number of sulfonamides is 1. The highest BCUT2D eigenvalue weighted by atomic mass is 35.5. The molecule has 2 aromatic heterocycles. The Labute approximate surface area is 242 Å². The number of rotatable bonds is 10. The maximum Gasteiger partial charge on any atom is 0.511 e. The molecule has 0 saturated carbocycles. The van der Waals surface area contributed by atoms with Crippen LogP contribution in [0.4, 0.5) is 10.6 Å². The monoisotopic (exact) mass is 590 g/mol. The molecule has 0 aliphatic heterocycles. The lowest BCUT2D eigenvalue weighted by atomic mass is 10.0. The van der Waals surface area contributed by atoms with E-state index in [4.69, 9.17) is 26.4 Å². The number of anilines is 1. The van der Waals surface area contributed by atoms with Gasteiger partial charge in [0.05, 0.1) is 11.4 Å². The first-order chi connectivity index (χ1) is 19.7. The Hall–Kier alpha value is -4.41. The Kier molecular flexibility index (Phi) is 8.23. The third-order valence-corrected chi connectivity index (χ3v) is 8.10. The average Bonchev–Trinajstić information content (AvgIpc) is 3.28. The number of pyridine rings is 1. The average molecular weight is 591 g/mol. The van der Waals surface area contributed by atoms with E-state index in [1.54, 1.807) is 30.3 Å². The topological polar surface area (TPSA) is 123 Å². The van der Waals surface area contributed by atoms with Gasteiger partial charge >= 0.3 is 6.16 Å². The molecular weight excluding hydrogens is 564 g/mol. The largest absolute Gasteiger partial charge is 0.511 e. The van der Waals surface area contributed by atoms with Crippen LogP contribution in [-0.4, -0.2) is 34.2 Å². The summed E-state index contributed by atoms with van der Waals surface area (Å²) in [5, 5.41) is 9.51. The van der Waals surface area contributed by atoms with E-state index in [0.29, 0.717) is 28.3 Å². The van der Waals surface area contributed by atoms with Gasteiger partial charge in [-0.25, -0.2) is 23.2 Å². The zero-order valence-corrected chi connectivity index (χ0v) is 23.7. The third-order valence-electron chi connectivity index (χ3n) is 6.48. The van der Waals surface area contributed by atoms with Crippen molar-refractivity contribution in [3.05, 3.63) is 101 Å². The summed E-state index contributed by atoms with van der Waals surface area (Å²) in [5.74, 6) is 1.30. The van der Waals surface area contributed by atoms with Crippen molar-refractivity contribution in [2.24, 2.45) is 0 Å². The highest BCUT2D eigenvalue weighted by molar-refractivity contribution is 7.92. The third kappa shape index (κ3) is 6.50. The van der Waals surface area contributed by atoms with Crippen LogP contribution in [0, 0.1) is 0 Å². The summed E-state index contributed by atoms with van der Waals surface area (Å²) in [6.45, 7) is 2.57. The zero-order valence-electron chi connectivity index (χ0n) is 22.1. The van der Waals surface area contributed by atoms with Crippen LogP contribution in [0.1, 0.15) is 31.2 Å². The molecule has 0 amide bonds. The van der Waals surface area contributed by atoms with Gasteiger partial charge in [0.15, 0.2) is 5.65 Å². The van der Waals surface area contributed by atoms with Gasteiger partial charge < -0.3 is 14.4 Å². The lowest BCUT2D eigenvalue weighted by Gasteiger charge is -2.12. The molecule has 2 N–H and O–H groups in total. The molecule has 0 radical (unpaired) electrons. The Bertz CT molecular complexity index is 1800. The molecule has 9 nitrogen and oxygen atoms in total. The molecular formula is C30H27ClN4O5S. The van der Waals surface area contributed by atoms with E-state index >= 15 is 0 Å². The van der Waals surface area contributed by atoms with Gasteiger partial charge in [0.2, 0.25) is 0 Å². The van der Waals surface area contributed by atoms with Crippen LogP contribution in [0.2, 0.25) is 5.02 Å². The molecule has 3 aromatic carbocycles. The van der Waals surface area contributed by atoms with E-state index in [2.05, 4.69) is 16.6 Å². The fourth-order valence-corrected chi connectivity index (χ4v) is 5.60. The van der Waals surface area contributed by atoms with E-state index in [-0.39, 0.29) is 16.5 Å². The lowest BCUT2D eigenvalue weighted by Crippen LogP contribution is -2.14. The smallest absolute Gasteiger partial charge is 0.449 e. The summed E-state index contributed by atoms with van der Waals surface area (Å²) >= 11 is 5.91. The molecule has 0 fully saturated rings. The normalized spacial score (nSPS) is 11.5. The van der Waals surface area contributed by atoms with Crippen molar-refractivity contribution in [3.63, 3.8) is 0 Å². The second kappa shape index (κ2) is 12.0. The summed E-state index contributed by atoms with van der Waals surface area (Å²) < 4.78 is 35.4. The quantitative estimate of drug-likeness (QED) is 0.132. The van der Waals surface area contributed by atoms with Gasteiger partial charge in [-0.15, -0.1) is 0 Å². The minimum atomic E-state index is -3.87. The van der Waals surface area contributed by atoms with Crippen LogP contribution in [0.3, 0.4) is 0 Å². The molecule has 2 heterocycles. The van der Waals surface area contributed by atoms with Crippen molar-refractivity contribution in [1.29, 1.82) is 0 Å². The number of carboxylic acid groups (broad SMARTS) is 1. The number of unbranched alkanes of at least 4 members (excludes halogenated alkanes) is 1. The first kappa shape index (κ1) is 28.1. The Morgan fingerprint density at radius 3 is 2.41 bits per heavy atom. The van der Waals surface area contributed by atoms with Crippen molar-refractivity contribution in [1.82, 2.24) is 14.5 Å². The highest BCUT2D eigenvalue weighted by Crippen LogP contribution is 2.30. The number of halogens is 1. The summed E-state index contributed by atoms with van der Waals surface area (Å²) in [4.78, 5) is 20.6. The van der Waals surface area contributed by atoms with Crippen LogP contribution in [0.25, 0.3) is 22.3 Å². The van der Waals surface area contributed by atoms with E-state index in [9.17, 15) is 13.2 Å². The van der Waals surface area contributed by atoms with Gasteiger partial charge in [-0.05, 0) is 60.0 Å². The van der Waals surface area contributed by atoms with Crippen LogP contribution >= 0.6 is 11.6 Å². The fraction of sp³-hybridized carbons (Fsp3) is 0.167. The molecule has 210 valence electrons. The number of hydrogen-bond acceptors (Lipinski definition) is 6. The second-order valence-corrected chi connectivity index (χ2v) is 11.5. The van der Waals surface area contributed by atoms with Crippen molar-refractivity contribution in [2.75, 3.05) is 4.72 Å². The molecule has 0 atom stereocenters. The lowest BCUT2D eigenvalue weighted by molar-refractivity contribution is 0.144. The van der Waals surface area contributed by atoms with Gasteiger partial charge in [-0.3, -0.25) is 4.72 Å². The van der Waals surface area contributed by atoms with Gasteiger partial charge in [0.1, 0.15) is 22.9 Å². The van der Waals surface area contributed by atoms with E-state index in [1.165, 1.54) is 24.3 Å². The number of ether oxygens (including phenoxy) is 1. The fourth-order valence-electron chi connectivity index (χ4n) is 4.47. The van der Waals surface area contributed by atoms with Gasteiger partial charge in [0, 0.05) is 17.0 Å². The maximum absolute atomic E-state index is 12.9. The van der Waals surface area contributed by atoms with Crippen LogP contribution in [-0.2, 0) is 23.0 Å². The molecule has 11 heteroatoms. The molecule has 5 aromatic rings. The SMILES string of the molecule is CCCCc1nc2ccc(NS(=O)(=O)c3ccc(Cl)cc3)nc2n1Cc1ccc(-c2ccccc2OC(=O)O)cc1. The van der Waals surface area contributed by atoms with Crippen molar-refractivity contribution >= 4 is 44.8 Å². The van der Waals surface area contributed by atoms with Gasteiger partial charge in [-0.1, -0.05) is 67.4 Å². The van der Waals surface area contributed by atoms with Gasteiger partial charge in [-0.2, -0.15) is 0 Å². The first-order valence-corrected chi connectivity index (χ1v) is 14.8. The second-order valence-electron chi connectivity index (χ2n) is 9.38. The minimum absolute atomic E-state index is 0.0800. The summed E-state index contributed by atoms with van der Waals surface area (Å²) in [6.07, 6.45) is 1.31. The molecule has 0 unspecified atom stereocenters. The zero-order chi connectivity index (χ0) is 29.0. The molecule has 0 aliphatic rings. The molecule has 5 rings (SSSR count). The molecule has 0 bridgehead atoms. The number of nitrogens with zero attached hydrogens (tertiary/aromatic N) is 3. The predicted octanol–water partition coefficient (Wildman–Crippen LogP) is 7.00. The number of aryl methyl sites for hydroxylation is 1. The maximum atomic E-state index is 12.9. The highest BCUT2D eigenvalue weighted by Gasteiger charge is 2.18. The summed E-state index contributed by atoms with van der Waals surface area (Å²) in [6, 6.07) is 23.9. The van der Waals surface area contributed by atoms with Crippen LogP contribution in [0.15, 0.2) is 89.8 Å². The van der Waals surface area contributed by atoms with Crippen molar-refractivity contribution in [3.8, 4) is 16.9 Å². The molecule has 41 heavy (non-hydrogen) atoms. The number of aromatic nitrogens is 3. The molecule has 0 spiro atoms. The van der Waals surface area contributed by atoms with Crippen molar-refractivity contribution < 1.29 is 23.1 Å². The number of para-hydroxylation sites is 1. The number of nitrogens with one attached hydrogen (secondary N) is 1. The number of imidazole rings is 1. The number of fused-ring (bicyclic) bond motifs is 1. The first-order valence-electron chi connectivity index (χ1n) is 13.0. The van der Waals surface area contributed by atoms with Gasteiger partial charge in [0.25, 0.3) is 10.0 Å². The van der Waals surface area contributed by atoms with Crippen LogP contribution in [0.5, 0.6) is 5.75 Å². The molecule has 0 saturated heterocycles. The summed E-state index contributed by atoms with van der Waals surface area (Å²) in [7, 11) is -3.87. The Morgan fingerprint density at radius 1 is 0.976 bits per heavy atom. The van der Waals surface area contributed by atoms with Crippen molar-refractivity contribution in [2.45, 2.75) is 37.6 Å². The number of hydrogen-bond donors (Lipinski definition) is 2. The van der Waals surface area contributed by atoms with E-state index < -0.39 is 16.2 Å². The number of benzene rings is 3. The number of carbonyl (C=O) groups is 1. The predicted molar refractivity (Wildman–Crippen MR) is 158 cm³/mol. The standard InChI is InChI=1S/C30H27ClN4O5S/c1-2-3-8-28-32-25-17-18-27(34-41(38,39)23-15-13-22(31)14-16-23)33-29(25)35(28)19-20-9-11-21(12-10-20)24-6-4-5-7-26(24)40-30(36)37/h4-7,9-18H,2-3,8,19H2,1H3,(H,33,34)(H,36,37). The van der Waals surface area contributed by atoms with Crippen LogP contribution < -0.4 is 9.46 Å². The molecule has 0 aliphatic carbocycles. The minimum Gasteiger partial charge on any atom is -0.449 e. The summed E-state index contributed by atoms with van der Waals surface area (Å²) in [5.41, 5.74) is 3.68.